The number of nitrogens with zero attached hydrogens (tertiary/aromatic N) is 4. The van der Waals surface area contributed by atoms with E-state index in [1.165, 1.54) is 0 Å². The zero-order chi connectivity index (χ0) is 21.9. The molecule has 0 unspecified atom stereocenters. The van der Waals surface area contributed by atoms with Gasteiger partial charge in [0.2, 0.25) is 0 Å². The van der Waals surface area contributed by atoms with Crippen LogP contribution in [0.1, 0.15) is 5.69 Å². The van der Waals surface area contributed by atoms with Crippen molar-refractivity contribution in [2.45, 2.75) is 6.61 Å². The average Bonchev–Trinajstić information content (AvgIpc) is 3.24. The van der Waals surface area contributed by atoms with Crippen molar-refractivity contribution < 1.29 is 9.47 Å². The lowest BCUT2D eigenvalue weighted by Crippen LogP contribution is -1.99. The summed E-state index contributed by atoms with van der Waals surface area (Å²) in [6.07, 6.45) is 5.47. The highest BCUT2D eigenvalue weighted by molar-refractivity contribution is 5.84. The maximum Gasteiger partial charge on any atom is 0.145 e. The number of aryl methyl sites for hydroxylation is 1. The number of para-hydroxylation sites is 1. The highest BCUT2D eigenvalue weighted by atomic mass is 16.5. The fourth-order valence-electron chi connectivity index (χ4n) is 3.79. The second-order valence-corrected chi connectivity index (χ2v) is 7.41. The molecule has 0 aliphatic heterocycles. The molecule has 3 aromatic heterocycles. The smallest absolute Gasteiger partial charge is 0.145 e. The third-order valence-electron chi connectivity index (χ3n) is 5.41. The Balaban J connectivity index is 1.36. The van der Waals surface area contributed by atoms with Crippen LogP contribution in [-0.4, -0.2) is 26.9 Å². The van der Waals surface area contributed by atoms with Crippen LogP contribution < -0.4 is 9.47 Å². The lowest BCUT2D eigenvalue weighted by atomic mass is 10.0. The van der Waals surface area contributed by atoms with Gasteiger partial charge in [-0.2, -0.15) is 5.10 Å². The van der Waals surface area contributed by atoms with Crippen molar-refractivity contribution >= 4 is 10.9 Å². The summed E-state index contributed by atoms with van der Waals surface area (Å²) in [6, 6.07) is 21.9. The molecule has 6 heteroatoms. The summed E-state index contributed by atoms with van der Waals surface area (Å²) in [5, 5.41) is 5.49. The number of benzene rings is 2. The number of pyridine rings is 2. The number of ether oxygens (including phenoxy) is 2. The highest BCUT2D eigenvalue weighted by Crippen LogP contribution is 2.32. The summed E-state index contributed by atoms with van der Waals surface area (Å²) in [6.45, 7) is 0.376. The van der Waals surface area contributed by atoms with Gasteiger partial charge in [-0.15, -0.1) is 0 Å². The van der Waals surface area contributed by atoms with E-state index in [9.17, 15) is 0 Å². The number of aromatic nitrogens is 4. The third kappa shape index (κ3) is 3.78. The van der Waals surface area contributed by atoms with E-state index in [1.54, 1.807) is 19.5 Å². The van der Waals surface area contributed by atoms with Crippen LogP contribution in [0.15, 0.2) is 85.3 Å². The van der Waals surface area contributed by atoms with Crippen LogP contribution in [0.5, 0.6) is 11.5 Å². The molecule has 5 rings (SSSR count). The van der Waals surface area contributed by atoms with Crippen LogP contribution in [0.25, 0.3) is 33.3 Å². The average molecular weight is 422 g/mol. The third-order valence-corrected chi connectivity index (χ3v) is 5.41. The maximum absolute atomic E-state index is 6.00. The minimum Gasteiger partial charge on any atom is -0.494 e. The number of rotatable bonds is 6. The van der Waals surface area contributed by atoms with Crippen molar-refractivity contribution in [1.29, 1.82) is 0 Å². The Morgan fingerprint density at radius 3 is 2.47 bits per heavy atom. The first kappa shape index (κ1) is 19.8. The Kier molecular flexibility index (Phi) is 5.25. The number of hydrogen-bond acceptors (Lipinski definition) is 5. The van der Waals surface area contributed by atoms with Gasteiger partial charge in [0, 0.05) is 36.0 Å². The monoisotopic (exact) mass is 422 g/mol. The minimum absolute atomic E-state index is 0.376. The zero-order valence-electron chi connectivity index (χ0n) is 17.9. The Bertz CT molecular complexity index is 1360. The van der Waals surface area contributed by atoms with Crippen molar-refractivity contribution in [2.24, 2.45) is 7.05 Å². The van der Waals surface area contributed by atoms with Crippen molar-refractivity contribution in [3.63, 3.8) is 0 Å². The molecule has 3 heterocycles. The number of methoxy groups -OCH3 is 1. The molecule has 2 aromatic carbocycles. The Morgan fingerprint density at radius 2 is 1.69 bits per heavy atom. The van der Waals surface area contributed by atoms with Crippen LogP contribution in [0.2, 0.25) is 0 Å². The van der Waals surface area contributed by atoms with E-state index in [0.717, 1.165) is 50.5 Å². The molecule has 0 atom stereocenters. The van der Waals surface area contributed by atoms with Gasteiger partial charge in [-0.3, -0.25) is 9.67 Å². The van der Waals surface area contributed by atoms with Gasteiger partial charge in [0.05, 0.1) is 24.7 Å². The molecule has 0 fully saturated rings. The van der Waals surface area contributed by atoms with E-state index < -0.39 is 0 Å². The van der Waals surface area contributed by atoms with Gasteiger partial charge in [-0.1, -0.05) is 18.2 Å². The van der Waals surface area contributed by atoms with Gasteiger partial charge in [0.25, 0.3) is 0 Å². The topological polar surface area (TPSA) is 62.1 Å². The highest BCUT2D eigenvalue weighted by Gasteiger charge is 2.13. The molecule has 0 spiro atoms. The Morgan fingerprint density at radius 1 is 0.875 bits per heavy atom. The van der Waals surface area contributed by atoms with Crippen LogP contribution in [0, 0.1) is 0 Å². The van der Waals surface area contributed by atoms with Crippen molar-refractivity contribution in [3.05, 3.63) is 91.0 Å². The molecule has 0 saturated carbocycles. The molecule has 158 valence electrons. The first-order valence-corrected chi connectivity index (χ1v) is 10.3. The van der Waals surface area contributed by atoms with Crippen LogP contribution in [-0.2, 0) is 13.7 Å². The number of fused-ring (bicyclic) bond motifs is 1. The predicted molar refractivity (Wildman–Crippen MR) is 125 cm³/mol. The molecular formula is C26H22N4O2. The summed E-state index contributed by atoms with van der Waals surface area (Å²) in [7, 11) is 3.60. The molecule has 0 radical (unpaired) electrons. The van der Waals surface area contributed by atoms with Crippen molar-refractivity contribution in [2.75, 3.05) is 7.11 Å². The van der Waals surface area contributed by atoms with Gasteiger partial charge >= 0.3 is 0 Å². The number of hydrogen-bond donors (Lipinski definition) is 0. The van der Waals surface area contributed by atoms with Gasteiger partial charge in [-0.05, 0) is 54.1 Å². The normalized spacial score (nSPS) is 10.9. The predicted octanol–water partition coefficient (Wildman–Crippen LogP) is 5.28. The molecule has 0 N–H and O–H groups in total. The lowest BCUT2D eigenvalue weighted by molar-refractivity contribution is 0.301. The fourth-order valence-corrected chi connectivity index (χ4v) is 3.79. The van der Waals surface area contributed by atoms with E-state index >= 15 is 0 Å². The summed E-state index contributed by atoms with van der Waals surface area (Å²) >= 11 is 0. The van der Waals surface area contributed by atoms with E-state index in [4.69, 9.17) is 14.5 Å². The molecule has 0 aliphatic rings. The standard InChI is InChI=1S/C26H22N4O2/c1-30-26(23(16-28-30)18-12-14-27-15-13-18)20-7-10-22(11-8-20)32-17-21-9-6-19-4-3-5-24(31-2)25(19)29-21/h3-16H,17H2,1-2H3. The fraction of sp³-hybridized carbons (Fsp3) is 0.115. The molecule has 32 heavy (non-hydrogen) atoms. The molecule has 6 nitrogen and oxygen atoms in total. The van der Waals surface area contributed by atoms with Gasteiger partial charge in [0.15, 0.2) is 0 Å². The van der Waals surface area contributed by atoms with Gasteiger partial charge in [-0.25, -0.2) is 4.98 Å². The summed E-state index contributed by atoms with van der Waals surface area (Å²) in [5.74, 6) is 1.54. The van der Waals surface area contributed by atoms with Crippen LogP contribution in [0.4, 0.5) is 0 Å². The molecule has 0 bridgehead atoms. The van der Waals surface area contributed by atoms with E-state index in [-0.39, 0.29) is 0 Å². The SMILES string of the molecule is COc1cccc2ccc(COc3ccc(-c4c(-c5ccncc5)cnn4C)cc3)nc12. The first-order valence-electron chi connectivity index (χ1n) is 10.3. The van der Waals surface area contributed by atoms with Gasteiger partial charge in [0.1, 0.15) is 23.6 Å². The van der Waals surface area contributed by atoms with E-state index in [0.29, 0.717) is 6.61 Å². The largest absolute Gasteiger partial charge is 0.494 e. The zero-order valence-corrected chi connectivity index (χ0v) is 17.9. The molecule has 5 aromatic rings. The maximum atomic E-state index is 6.00. The van der Waals surface area contributed by atoms with Crippen molar-refractivity contribution in [1.82, 2.24) is 19.7 Å². The second-order valence-electron chi connectivity index (χ2n) is 7.41. The lowest BCUT2D eigenvalue weighted by Gasteiger charge is -2.10. The quantitative estimate of drug-likeness (QED) is 0.372. The molecule has 0 saturated heterocycles. The Labute approximate surface area is 186 Å². The first-order chi connectivity index (χ1) is 15.7. The molecular weight excluding hydrogens is 400 g/mol. The summed E-state index contributed by atoms with van der Waals surface area (Å²) < 4.78 is 13.3. The van der Waals surface area contributed by atoms with Gasteiger partial charge < -0.3 is 9.47 Å². The molecule has 0 amide bonds. The second kappa shape index (κ2) is 8.51. The summed E-state index contributed by atoms with van der Waals surface area (Å²) in [5.41, 5.74) is 5.95. The van der Waals surface area contributed by atoms with Crippen LogP contribution >= 0.6 is 0 Å². The van der Waals surface area contributed by atoms with Crippen LogP contribution in [0.3, 0.4) is 0 Å². The van der Waals surface area contributed by atoms with Crippen molar-refractivity contribution in [3.8, 4) is 33.9 Å². The van der Waals surface area contributed by atoms with E-state index in [1.807, 2.05) is 84.7 Å². The summed E-state index contributed by atoms with van der Waals surface area (Å²) in [4.78, 5) is 8.82. The van der Waals surface area contributed by atoms with E-state index in [2.05, 4.69) is 10.1 Å². The minimum atomic E-state index is 0.376. The Hall–Kier alpha value is -4.19. The molecule has 0 aliphatic carbocycles.